The van der Waals surface area contributed by atoms with Crippen LogP contribution in [0.25, 0.3) is 5.69 Å². The normalized spacial score (nSPS) is 19.8. The lowest BCUT2D eigenvalue weighted by atomic mass is 10.0. The second-order valence-corrected chi connectivity index (χ2v) is 10.2. The molecule has 1 N–H and O–H groups in total. The van der Waals surface area contributed by atoms with Crippen LogP contribution in [0.3, 0.4) is 0 Å². The maximum absolute atomic E-state index is 6.64. The van der Waals surface area contributed by atoms with Crippen molar-refractivity contribution >= 4 is 51.9 Å². The Hall–Kier alpha value is -3.10. The van der Waals surface area contributed by atoms with E-state index >= 15 is 0 Å². The minimum Gasteiger partial charge on any atom is -0.378 e. The highest BCUT2D eigenvalue weighted by Gasteiger charge is 2.42. The van der Waals surface area contributed by atoms with Gasteiger partial charge >= 0.3 is 0 Å². The van der Waals surface area contributed by atoms with E-state index in [0.29, 0.717) is 15.2 Å². The lowest BCUT2D eigenvalue weighted by molar-refractivity contribution is 0.122. The van der Waals surface area contributed by atoms with Crippen LogP contribution in [0.2, 0.25) is 10.0 Å². The number of hydrogen-bond acceptors (Lipinski definition) is 4. The summed E-state index contributed by atoms with van der Waals surface area (Å²) < 4.78 is 7.61. The van der Waals surface area contributed by atoms with E-state index in [1.54, 1.807) is 6.07 Å². The van der Waals surface area contributed by atoms with Crippen molar-refractivity contribution < 1.29 is 4.74 Å². The van der Waals surface area contributed by atoms with Crippen LogP contribution >= 0.6 is 35.4 Å². The van der Waals surface area contributed by atoms with Crippen LogP contribution in [-0.2, 0) is 4.74 Å². The number of aromatic nitrogens is 2. The molecule has 2 aliphatic rings. The van der Waals surface area contributed by atoms with Gasteiger partial charge in [0, 0.05) is 47.6 Å². The van der Waals surface area contributed by atoms with Crippen molar-refractivity contribution in [2.45, 2.75) is 12.1 Å². The van der Waals surface area contributed by atoms with Crippen molar-refractivity contribution in [2.75, 3.05) is 36.1 Å². The van der Waals surface area contributed by atoms with E-state index in [9.17, 15) is 0 Å². The summed E-state index contributed by atoms with van der Waals surface area (Å²) in [6.45, 7) is 3.28. The molecule has 188 valence electrons. The van der Waals surface area contributed by atoms with Crippen LogP contribution in [0.5, 0.6) is 0 Å². The van der Waals surface area contributed by atoms with Crippen LogP contribution < -0.4 is 15.1 Å². The van der Waals surface area contributed by atoms with Crippen LogP contribution in [0.1, 0.15) is 23.5 Å². The Kier molecular flexibility index (Phi) is 6.78. The van der Waals surface area contributed by atoms with Gasteiger partial charge in [0.2, 0.25) is 0 Å². The van der Waals surface area contributed by atoms with Crippen LogP contribution in [0.15, 0.2) is 85.2 Å². The molecule has 2 unspecified atom stereocenters. The summed E-state index contributed by atoms with van der Waals surface area (Å²) in [5.41, 5.74) is 4.99. The van der Waals surface area contributed by atoms with Gasteiger partial charge in [-0.05, 0) is 78.9 Å². The SMILES string of the molecule is S=C1NC(c2ccccn2)C(c2cccn2-c2ccc(Cl)cc2Cl)N1c1ccc(N2CCOCC2)cc1. The summed E-state index contributed by atoms with van der Waals surface area (Å²) in [7, 11) is 0. The number of ether oxygens (including phenoxy) is 1. The minimum atomic E-state index is -0.168. The van der Waals surface area contributed by atoms with Crippen molar-refractivity contribution in [1.29, 1.82) is 0 Å². The summed E-state index contributed by atoms with van der Waals surface area (Å²) >= 11 is 18.8. The summed E-state index contributed by atoms with van der Waals surface area (Å²) in [6, 6.07) is 23.9. The van der Waals surface area contributed by atoms with E-state index in [1.807, 2.05) is 48.8 Å². The molecule has 9 heteroatoms. The number of anilines is 2. The molecule has 2 atom stereocenters. The fraction of sp³-hybridized carbons (Fsp3) is 0.214. The van der Waals surface area contributed by atoms with E-state index in [4.69, 9.17) is 40.2 Å². The summed E-state index contributed by atoms with van der Waals surface area (Å²) in [5, 5.41) is 5.36. The maximum atomic E-state index is 6.64. The molecule has 37 heavy (non-hydrogen) atoms. The predicted molar refractivity (Wildman–Crippen MR) is 153 cm³/mol. The quantitative estimate of drug-likeness (QED) is 0.299. The van der Waals surface area contributed by atoms with Gasteiger partial charge in [-0.25, -0.2) is 0 Å². The number of halogens is 2. The number of hydrogen-bond donors (Lipinski definition) is 1. The molecule has 0 aliphatic carbocycles. The van der Waals surface area contributed by atoms with Crippen LogP contribution in [-0.4, -0.2) is 41.0 Å². The predicted octanol–water partition coefficient (Wildman–Crippen LogP) is 6.19. The zero-order valence-corrected chi connectivity index (χ0v) is 22.3. The molecule has 6 nitrogen and oxygen atoms in total. The van der Waals surface area contributed by atoms with Crippen molar-refractivity contribution in [3.05, 3.63) is 107 Å². The number of nitrogens with zero attached hydrogens (tertiary/aromatic N) is 4. The minimum absolute atomic E-state index is 0.160. The lowest BCUT2D eigenvalue weighted by Gasteiger charge is -2.31. The Morgan fingerprint density at radius 3 is 2.43 bits per heavy atom. The molecule has 0 bridgehead atoms. The third-order valence-electron chi connectivity index (χ3n) is 6.85. The Morgan fingerprint density at radius 1 is 0.919 bits per heavy atom. The first-order valence-corrected chi connectivity index (χ1v) is 13.3. The summed E-state index contributed by atoms with van der Waals surface area (Å²) in [6.07, 6.45) is 3.83. The van der Waals surface area contributed by atoms with Crippen molar-refractivity contribution in [3.63, 3.8) is 0 Å². The van der Waals surface area contributed by atoms with Crippen LogP contribution in [0.4, 0.5) is 11.4 Å². The van der Waals surface area contributed by atoms with E-state index in [-0.39, 0.29) is 12.1 Å². The van der Waals surface area contributed by atoms with Crippen molar-refractivity contribution in [2.24, 2.45) is 0 Å². The van der Waals surface area contributed by atoms with Gasteiger partial charge in [0.05, 0.1) is 35.7 Å². The largest absolute Gasteiger partial charge is 0.378 e. The molecule has 4 heterocycles. The molecule has 2 fully saturated rings. The number of morpholine rings is 1. The first kappa shape index (κ1) is 24.2. The lowest BCUT2D eigenvalue weighted by Crippen LogP contribution is -2.36. The molecule has 6 rings (SSSR count). The van der Waals surface area contributed by atoms with E-state index in [1.165, 1.54) is 5.69 Å². The van der Waals surface area contributed by atoms with Gasteiger partial charge in [-0.15, -0.1) is 0 Å². The molecule has 0 spiro atoms. The standard InChI is InChI=1S/C28H25Cl2N5OS/c29-19-6-11-24(22(30)18-19)34-13-3-5-25(34)27-26(23-4-1-2-12-31-23)32-28(37)35(27)21-9-7-20(8-10-21)33-14-16-36-17-15-33/h1-13,18,26-27H,14-17H2,(H,32,37). The average Bonchev–Trinajstić information content (AvgIpc) is 3.54. The molecular formula is C28H25Cl2N5OS. The first-order chi connectivity index (χ1) is 18.1. The number of nitrogens with one attached hydrogen (secondary N) is 1. The molecular weight excluding hydrogens is 525 g/mol. The third-order valence-corrected chi connectivity index (χ3v) is 7.71. The third kappa shape index (κ3) is 4.68. The highest BCUT2D eigenvalue weighted by Crippen LogP contribution is 2.43. The molecule has 0 radical (unpaired) electrons. The fourth-order valence-electron chi connectivity index (χ4n) is 5.11. The molecule has 2 aliphatic heterocycles. The van der Waals surface area contributed by atoms with E-state index < -0.39 is 0 Å². The highest BCUT2D eigenvalue weighted by atomic mass is 35.5. The number of thiocarbonyl (C=S) groups is 1. The number of benzene rings is 2. The molecule has 4 aromatic rings. The van der Waals surface area contributed by atoms with Gasteiger partial charge in [0.25, 0.3) is 0 Å². The Bertz CT molecular complexity index is 1410. The van der Waals surface area contributed by atoms with Gasteiger partial charge < -0.3 is 24.4 Å². The van der Waals surface area contributed by atoms with Crippen molar-refractivity contribution in [1.82, 2.24) is 14.9 Å². The average molecular weight is 551 g/mol. The number of rotatable bonds is 5. The molecule has 0 amide bonds. The van der Waals surface area contributed by atoms with Gasteiger partial charge in [-0.3, -0.25) is 4.98 Å². The van der Waals surface area contributed by atoms with Gasteiger partial charge in [0.15, 0.2) is 5.11 Å². The Labute approximate surface area is 231 Å². The molecule has 2 aromatic heterocycles. The second kappa shape index (κ2) is 10.3. The van der Waals surface area contributed by atoms with E-state index in [0.717, 1.165) is 49.1 Å². The monoisotopic (exact) mass is 549 g/mol. The molecule has 0 saturated carbocycles. The zero-order chi connectivity index (χ0) is 25.4. The Balaban J connectivity index is 1.43. The second-order valence-electron chi connectivity index (χ2n) is 9.01. The van der Waals surface area contributed by atoms with E-state index in [2.05, 4.69) is 55.0 Å². The highest BCUT2D eigenvalue weighted by molar-refractivity contribution is 7.80. The van der Waals surface area contributed by atoms with Crippen molar-refractivity contribution in [3.8, 4) is 5.69 Å². The van der Waals surface area contributed by atoms with Gasteiger partial charge in [-0.1, -0.05) is 29.3 Å². The fourth-order valence-corrected chi connectivity index (χ4v) is 5.96. The topological polar surface area (TPSA) is 45.6 Å². The smallest absolute Gasteiger partial charge is 0.174 e. The van der Waals surface area contributed by atoms with Crippen LogP contribution in [0, 0.1) is 0 Å². The number of pyridine rings is 1. The Morgan fingerprint density at radius 2 is 1.70 bits per heavy atom. The summed E-state index contributed by atoms with van der Waals surface area (Å²) in [5.74, 6) is 0. The summed E-state index contributed by atoms with van der Waals surface area (Å²) in [4.78, 5) is 9.19. The van der Waals surface area contributed by atoms with Gasteiger partial charge in [-0.2, -0.15) is 0 Å². The van der Waals surface area contributed by atoms with Gasteiger partial charge in [0.1, 0.15) is 6.04 Å². The molecule has 2 aromatic carbocycles. The maximum Gasteiger partial charge on any atom is 0.174 e. The molecule has 2 saturated heterocycles. The zero-order valence-electron chi connectivity index (χ0n) is 19.9. The first-order valence-electron chi connectivity index (χ1n) is 12.2.